The number of hydrogen-bond acceptors (Lipinski definition) is 4. The van der Waals surface area contributed by atoms with Crippen LogP contribution in [0.3, 0.4) is 0 Å². The van der Waals surface area contributed by atoms with E-state index in [1.54, 1.807) is 0 Å². The van der Waals surface area contributed by atoms with Crippen molar-refractivity contribution in [2.24, 2.45) is 0 Å². The van der Waals surface area contributed by atoms with E-state index in [1.165, 1.54) is 283 Å². The molecule has 5 heteroatoms. The summed E-state index contributed by atoms with van der Waals surface area (Å²) in [5.74, 6) is -0.273. The normalized spacial score (nSPS) is 12.6. The molecule has 0 aromatic carbocycles. The summed E-state index contributed by atoms with van der Waals surface area (Å²) in [5.41, 5.74) is 0. The molecule has 1 amide bonds. The number of aliphatic hydroxyl groups is 1. The number of esters is 1. The van der Waals surface area contributed by atoms with Crippen molar-refractivity contribution in [3.8, 4) is 0 Å². The predicted octanol–water partition coefficient (Wildman–Crippen LogP) is 20.3. The lowest BCUT2D eigenvalue weighted by Crippen LogP contribution is -2.46. The Bertz CT molecular complexity index is 998. The van der Waals surface area contributed by atoms with E-state index >= 15 is 0 Å². The zero-order valence-electron chi connectivity index (χ0n) is 46.0. The van der Waals surface area contributed by atoms with Gasteiger partial charge in [-0.05, 0) is 25.7 Å². The molecule has 0 saturated carbocycles. The summed E-state index contributed by atoms with van der Waals surface area (Å²) in [6, 6.07) is -0.615. The van der Waals surface area contributed by atoms with Crippen LogP contribution in [0.15, 0.2) is 12.2 Å². The van der Waals surface area contributed by atoms with Gasteiger partial charge in [0, 0.05) is 12.8 Å². The second-order valence-corrected chi connectivity index (χ2v) is 21.3. The Balaban J connectivity index is 4.23. The second-order valence-electron chi connectivity index (χ2n) is 21.3. The summed E-state index contributed by atoms with van der Waals surface area (Å²) >= 11 is 0. The molecular formula is C62H121NO4. The molecule has 0 rings (SSSR count). The van der Waals surface area contributed by atoms with Crippen LogP contribution in [0.2, 0.25) is 0 Å². The molecule has 0 aliphatic heterocycles. The highest BCUT2D eigenvalue weighted by molar-refractivity contribution is 5.76. The largest absolute Gasteiger partial charge is 0.463 e. The Labute approximate surface area is 420 Å². The van der Waals surface area contributed by atoms with E-state index in [1.807, 2.05) is 6.08 Å². The van der Waals surface area contributed by atoms with Gasteiger partial charge in [-0.25, -0.2) is 0 Å². The van der Waals surface area contributed by atoms with Crippen molar-refractivity contribution in [3.05, 3.63) is 12.2 Å². The van der Waals surface area contributed by atoms with Crippen LogP contribution < -0.4 is 5.32 Å². The molecule has 0 bridgehead atoms. The molecule has 0 saturated heterocycles. The van der Waals surface area contributed by atoms with Crippen LogP contribution in [0.1, 0.15) is 355 Å². The Morgan fingerprint density at radius 3 is 0.925 bits per heavy atom. The lowest BCUT2D eigenvalue weighted by Gasteiger charge is -2.22. The Hall–Kier alpha value is -1.36. The fraction of sp³-hybridized carbons (Fsp3) is 0.935. The van der Waals surface area contributed by atoms with Gasteiger partial charge >= 0.3 is 5.97 Å². The van der Waals surface area contributed by atoms with Crippen molar-refractivity contribution in [3.63, 3.8) is 0 Å². The van der Waals surface area contributed by atoms with Crippen LogP contribution in [0, 0.1) is 0 Å². The third-order valence-corrected chi connectivity index (χ3v) is 14.5. The van der Waals surface area contributed by atoms with Crippen molar-refractivity contribution in [2.45, 2.75) is 367 Å². The van der Waals surface area contributed by atoms with Gasteiger partial charge in [0.15, 0.2) is 0 Å². The number of ether oxygens (including phenoxy) is 1. The number of nitrogens with one attached hydrogen (secondary N) is 1. The van der Waals surface area contributed by atoms with Gasteiger partial charge in [-0.1, -0.05) is 328 Å². The zero-order chi connectivity index (χ0) is 48.6. The average molecular weight is 945 g/mol. The van der Waals surface area contributed by atoms with E-state index in [-0.39, 0.29) is 18.5 Å². The first-order chi connectivity index (χ1) is 33.0. The van der Waals surface area contributed by atoms with Gasteiger partial charge in [-0.15, -0.1) is 0 Å². The summed E-state index contributed by atoms with van der Waals surface area (Å²) in [5, 5.41) is 14.2. The number of amides is 1. The van der Waals surface area contributed by atoms with E-state index in [2.05, 4.69) is 32.2 Å². The molecule has 398 valence electrons. The molecule has 67 heavy (non-hydrogen) atoms. The highest BCUT2D eigenvalue weighted by Gasteiger charge is 2.21. The predicted molar refractivity (Wildman–Crippen MR) is 295 cm³/mol. The number of hydrogen-bond donors (Lipinski definition) is 2. The molecule has 2 atom stereocenters. The van der Waals surface area contributed by atoms with E-state index in [4.69, 9.17) is 4.74 Å². The van der Waals surface area contributed by atoms with Crippen molar-refractivity contribution in [1.82, 2.24) is 5.32 Å². The quantitative estimate of drug-likeness (QED) is 0.0362. The van der Waals surface area contributed by atoms with Crippen LogP contribution in [0.5, 0.6) is 0 Å². The van der Waals surface area contributed by atoms with Gasteiger partial charge in [-0.3, -0.25) is 9.59 Å². The molecule has 0 spiro atoms. The molecule has 0 aromatic heterocycles. The van der Waals surface area contributed by atoms with E-state index in [0.29, 0.717) is 12.8 Å². The van der Waals surface area contributed by atoms with Crippen molar-refractivity contribution >= 4 is 11.9 Å². The monoisotopic (exact) mass is 944 g/mol. The minimum atomic E-state index is -0.871. The Kier molecular flexibility index (Phi) is 56.1. The number of unbranched alkanes of at least 4 members (excludes halogenated alkanes) is 47. The number of allylic oxidation sites excluding steroid dienone is 1. The van der Waals surface area contributed by atoms with Gasteiger partial charge < -0.3 is 15.2 Å². The molecule has 0 aliphatic carbocycles. The molecule has 5 nitrogen and oxygen atoms in total. The molecule has 2 N–H and O–H groups in total. The Morgan fingerprint density at radius 1 is 0.373 bits per heavy atom. The minimum absolute atomic E-state index is 0.0206. The molecule has 0 heterocycles. The SMILES string of the molecule is CCCCCCCCCCCCC/C=C/[C@@H](O)[C@H](COC(=O)CCCCCCCCCCCCCCCCCCCCCCCCC)NC(=O)CCCCCCCCCCCCCCCCC. The molecule has 0 aromatic rings. The van der Waals surface area contributed by atoms with Crippen LogP contribution in [-0.2, 0) is 14.3 Å². The molecular weight excluding hydrogens is 823 g/mol. The molecule has 0 aliphatic rings. The molecule has 0 unspecified atom stereocenters. The highest BCUT2D eigenvalue weighted by atomic mass is 16.5. The maximum atomic E-state index is 13.0. The minimum Gasteiger partial charge on any atom is -0.463 e. The summed E-state index contributed by atoms with van der Waals surface area (Å²) in [6.45, 7) is 6.87. The lowest BCUT2D eigenvalue weighted by atomic mass is 10.0. The fourth-order valence-corrected chi connectivity index (χ4v) is 9.77. The van der Waals surface area contributed by atoms with Crippen molar-refractivity contribution in [1.29, 1.82) is 0 Å². The fourth-order valence-electron chi connectivity index (χ4n) is 9.77. The van der Waals surface area contributed by atoms with E-state index < -0.39 is 12.1 Å². The van der Waals surface area contributed by atoms with E-state index in [9.17, 15) is 14.7 Å². The third kappa shape index (κ3) is 53.8. The summed E-state index contributed by atoms with van der Waals surface area (Å²) < 4.78 is 5.68. The van der Waals surface area contributed by atoms with Crippen LogP contribution in [0.4, 0.5) is 0 Å². The van der Waals surface area contributed by atoms with Crippen molar-refractivity contribution < 1.29 is 19.4 Å². The van der Waals surface area contributed by atoms with Crippen LogP contribution in [-0.4, -0.2) is 35.7 Å². The van der Waals surface area contributed by atoms with Gasteiger partial charge in [0.05, 0.1) is 12.1 Å². The Morgan fingerprint density at radius 2 is 0.627 bits per heavy atom. The summed E-state index contributed by atoms with van der Waals surface area (Å²) in [4.78, 5) is 25.8. The summed E-state index contributed by atoms with van der Waals surface area (Å²) in [6.07, 6.45) is 69.9. The maximum absolute atomic E-state index is 13.0. The number of carbonyl (C=O) groups is 2. The van der Waals surface area contributed by atoms with Gasteiger partial charge in [0.1, 0.15) is 6.61 Å². The van der Waals surface area contributed by atoms with Gasteiger partial charge in [0.25, 0.3) is 0 Å². The van der Waals surface area contributed by atoms with Crippen molar-refractivity contribution in [2.75, 3.05) is 6.61 Å². The smallest absolute Gasteiger partial charge is 0.305 e. The zero-order valence-corrected chi connectivity index (χ0v) is 46.0. The topological polar surface area (TPSA) is 75.6 Å². The lowest BCUT2D eigenvalue weighted by molar-refractivity contribution is -0.146. The summed E-state index contributed by atoms with van der Waals surface area (Å²) in [7, 11) is 0. The van der Waals surface area contributed by atoms with Crippen LogP contribution >= 0.6 is 0 Å². The van der Waals surface area contributed by atoms with Crippen LogP contribution in [0.25, 0.3) is 0 Å². The average Bonchev–Trinajstić information content (AvgIpc) is 3.33. The molecule has 0 radical (unpaired) electrons. The second kappa shape index (κ2) is 57.2. The first kappa shape index (κ1) is 65.6. The third-order valence-electron chi connectivity index (χ3n) is 14.5. The first-order valence-corrected chi connectivity index (χ1v) is 30.8. The van der Waals surface area contributed by atoms with E-state index in [0.717, 1.165) is 38.5 Å². The first-order valence-electron chi connectivity index (χ1n) is 30.8. The number of aliphatic hydroxyl groups excluding tert-OH is 1. The number of rotatable bonds is 57. The maximum Gasteiger partial charge on any atom is 0.305 e. The van der Waals surface area contributed by atoms with Gasteiger partial charge in [0.2, 0.25) is 5.91 Å². The number of carbonyl (C=O) groups excluding carboxylic acids is 2. The molecule has 0 fully saturated rings. The van der Waals surface area contributed by atoms with Gasteiger partial charge in [-0.2, -0.15) is 0 Å². The standard InChI is InChI=1S/C62H121NO4/c1-4-7-10-13-16-19-22-25-27-28-29-30-31-32-33-34-36-39-42-45-48-51-54-57-62(66)67-58-59(60(64)55-52-49-46-43-40-37-24-21-18-15-12-9-6-3)63-61(65)56-53-50-47-44-41-38-35-26-23-20-17-14-11-8-5-2/h52,55,59-60,64H,4-51,53-54,56-58H2,1-3H3,(H,63,65)/b55-52+/t59-,60+/m0/s1. The highest BCUT2D eigenvalue weighted by Crippen LogP contribution is 2.18.